The SMILES string of the molecule is CCCCCCCC(=O)NNC(=O)c1c(O)c2ccc(Cl)cc2n(CC)c1=O. The van der Waals surface area contributed by atoms with E-state index in [1.54, 1.807) is 25.1 Å². The standard InChI is InChI=1S/C20H26ClN3O4/c1-3-5-6-7-8-9-16(25)22-23-19(27)17-18(26)14-11-10-13(21)12-15(14)24(4-2)20(17)28/h10-12,26H,3-9H2,1-2H3,(H,22,25)(H,23,27). The first-order valence-corrected chi connectivity index (χ1v) is 9.92. The van der Waals surface area contributed by atoms with Gasteiger partial charge in [0.05, 0.1) is 5.52 Å². The average Bonchev–Trinajstić information content (AvgIpc) is 2.66. The van der Waals surface area contributed by atoms with Crippen LogP contribution in [-0.4, -0.2) is 21.5 Å². The zero-order valence-electron chi connectivity index (χ0n) is 16.2. The number of hydrogen-bond donors (Lipinski definition) is 3. The Morgan fingerprint density at radius 2 is 1.82 bits per heavy atom. The number of aryl methyl sites for hydroxylation is 1. The Kier molecular flexibility index (Phi) is 7.87. The van der Waals surface area contributed by atoms with Gasteiger partial charge in [-0.1, -0.05) is 44.2 Å². The number of hydrazine groups is 1. The highest BCUT2D eigenvalue weighted by Crippen LogP contribution is 2.28. The zero-order chi connectivity index (χ0) is 20.7. The van der Waals surface area contributed by atoms with E-state index in [1.165, 1.54) is 4.57 Å². The minimum absolute atomic E-state index is 0.283. The van der Waals surface area contributed by atoms with Crippen molar-refractivity contribution in [2.24, 2.45) is 0 Å². The van der Waals surface area contributed by atoms with Crippen LogP contribution >= 0.6 is 11.6 Å². The molecule has 2 aromatic rings. The number of halogens is 1. The Morgan fingerprint density at radius 3 is 2.50 bits per heavy atom. The minimum atomic E-state index is -0.860. The molecule has 0 saturated heterocycles. The van der Waals surface area contributed by atoms with Crippen LogP contribution in [-0.2, 0) is 11.3 Å². The van der Waals surface area contributed by atoms with E-state index in [-0.39, 0.29) is 12.3 Å². The molecule has 8 heteroatoms. The molecule has 0 saturated carbocycles. The smallest absolute Gasteiger partial charge is 0.279 e. The number of benzene rings is 1. The predicted molar refractivity (Wildman–Crippen MR) is 110 cm³/mol. The number of amides is 2. The van der Waals surface area contributed by atoms with Crippen LogP contribution in [0.5, 0.6) is 5.75 Å². The molecule has 152 valence electrons. The molecule has 28 heavy (non-hydrogen) atoms. The van der Waals surface area contributed by atoms with Crippen LogP contribution in [0.2, 0.25) is 5.02 Å². The van der Waals surface area contributed by atoms with Gasteiger partial charge in [0.2, 0.25) is 5.91 Å². The lowest BCUT2D eigenvalue weighted by molar-refractivity contribution is -0.122. The van der Waals surface area contributed by atoms with Gasteiger partial charge in [-0.05, 0) is 31.5 Å². The van der Waals surface area contributed by atoms with Crippen molar-refractivity contribution in [2.45, 2.75) is 58.9 Å². The van der Waals surface area contributed by atoms with E-state index >= 15 is 0 Å². The molecule has 0 spiro atoms. The molecule has 0 aliphatic carbocycles. The van der Waals surface area contributed by atoms with Gasteiger partial charge in [0, 0.05) is 23.4 Å². The summed E-state index contributed by atoms with van der Waals surface area (Å²) in [6.45, 7) is 4.16. The molecule has 0 bridgehead atoms. The number of hydrogen-bond acceptors (Lipinski definition) is 4. The second-order valence-electron chi connectivity index (χ2n) is 6.60. The highest BCUT2D eigenvalue weighted by atomic mass is 35.5. The summed E-state index contributed by atoms with van der Waals surface area (Å²) in [7, 11) is 0. The molecule has 7 nitrogen and oxygen atoms in total. The maximum atomic E-state index is 12.7. The summed E-state index contributed by atoms with van der Waals surface area (Å²) in [5.41, 5.74) is 3.89. The lowest BCUT2D eigenvalue weighted by Gasteiger charge is -2.14. The van der Waals surface area contributed by atoms with Gasteiger partial charge in [-0.3, -0.25) is 25.2 Å². The van der Waals surface area contributed by atoms with Crippen molar-refractivity contribution in [2.75, 3.05) is 0 Å². The monoisotopic (exact) mass is 407 g/mol. The van der Waals surface area contributed by atoms with Crippen molar-refractivity contribution in [1.82, 2.24) is 15.4 Å². The summed E-state index contributed by atoms with van der Waals surface area (Å²) >= 11 is 5.99. The summed E-state index contributed by atoms with van der Waals surface area (Å²) in [5, 5.41) is 11.2. The van der Waals surface area contributed by atoms with Gasteiger partial charge in [-0.15, -0.1) is 0 Å². The van der Waals surface area contributed by atoms with E-state index in [9.17, 15) is 19.5 Å². The largest absolute Gasteiger partial charge is 0.506 e. The summed E-state index contributed by atoms with van der Waals surface area (Å²) in [6.07, 6.45) is 5.29. The van der Waals surface area contributed by atoms with Crippen LogP contribution in [0.15, 0.2) is 23.0 Å². The number of carbonyl (C=O) groups is 2. The van der Waals surface area contributed by atoms with Crippen molar-refractivity contribution >= 4 is 34.3 Å². The van der Waals surface area contributed by atoms with E-state index in [4.69, 9.17) is 11.6 Å². The molecular formula is C20H26ClN3O4. The van der Waals surface area contributed by atoms with Crippen LogP contribution < -0.4 is 16.4 Å². The van der Waals surface area contributed by atoms with Gasteiger partial charge in [-0.25, -0.2) is 0 Å². The van der Waals surface area contributed by atoms with Crippen molar-refractivity contribution in [3.8, 4) is 5.75 Å². The Morgan fingerprint density at radius 1 is 1.11 bits per heavy atom. The average molecular weight is 408 g/mol. The fourth-order valence-electron chi connectivity index (χ4n) is 3.07. The molecule has 0 aliphatic rings. The molecule has 1 heterocycles. The normalized spacial score (nSPS) is 10.8. The van der Waals surface area contributed by atoms with E-state index in [0.29, 0.717) is 22.5 Å². The Bertz CT molecular complexity index is 924. The minimum Gasteiger partial charge on any atom is -0.506 e. The van der Waals surface area contributed by atoms with Crippen LogP contribution in [0.1, 0.15) is 62.7 Å². The number of aromatic hydroxyl groups is 1. The van der Waals surface area contributed by atoms with Gasteiger partial charge >= 0.3 is 0 Å². The Balaban J connectivity index is 2.14. The van der Waals surface area contributed by atoms with E-state index < -0.39 is 22.8 Å². The zero-order valence-corrected chi connectivity index (χ0v) is 16.9. The molecule has 0 fully saturated rings. The predicted octanol–water partition coefficient (Wildman–Crippen LogP) is 3.50. The lowest BCUT2D eigenvalue weighted by Crippen LogP contribution is -2.44. The maximum absolute atomic E-state index is 12.7. The first kappa shape index (κ1) is 21.8. The number of aromatic nitrogens is 1. The molecule has 0 atom stereocenters. The fourth-order valence-corrected chi connectivity index (χ4v) is 3.23. The van der Waals surface area contributed by atoms with E-state index in [2.05, 4.69) is 17.8 Å². The summed E-state index contributed by atoms with van der Waals surface area (Å²) < 4.78 is 1.35. The molecule has 0 unspecified atom stereocenters. The van der Waals surface area contributed by atoms with Crippen LogP contribution in [0.3, 0.4) is 0 Å². The highest BCUT2D eigenvalue weighted by molar-refractivity contribution is 6.31. The molecule has 1 aromatic heterocycles. The van der Waals surface area contributed by atoms with Gasteiger partial charge in [0.1, 0.15) is 11.3 Å². The highest BCUT2D eigenvalue weighted by Gasteiger charge is 2.22. The summed E-state index contributed by atoms with van der Waals surface area (Å²) in [4.78, 5) is 37.0. The van der Waals surface area contributed by atoms with Crippen LogP contribution in [0.25, 0.3) is 10.9 Å². The summed E-state index contributed by atoms with van der Waals surface area (Å²) in [5.74, 6) is -1.64. The molecule has 0 radical (unpaired) electrons. The molecule has 1 aromatic carbocycles. The fraction of sp³-hybridized carbons (Fsp3) is 0.450. The van der Waals surface area contributed by atoms with Crippen molar-refractivity contribution in [3.05, 3.63) is 39.1 Å². The number of unbranched alkanes of at least 4 members (excludes halogenated alkanes) is 4. The number of fused-ring (bicyclic) bond motifs is 1. The third kappa shape index (κ3) is 5.04. The molecule has 3 N–H and O–H groups in total. The van der Waals surface area contributed by atoms with Crippen molar-refractivity contribution in [1.29, 1.82) is 0 Å². The van der Waals surface area contributed by atoms with Gasteiger partial charge in [0.15, 0.2) is 0 Å². The molecule has 0 aliphatic heterocycles. The first-order valence-electron chi connectivity index (χ1n) is 9.54. The van der Waals surface area contributed by atoms with Gasteiger partial charge < -0.3 is 9.67 Å². The Labute approximate surface area is 168 Å². The number of pyridine rings is 1. The first-order chi connectivity index (χ1) is 13.4. The number of carbonyl (C=O) groups excluding carboxylic acids is 2. The van der Waals surface area contributed by atoms with Crippen molar-refractivity contribution < 1.29 is 14.7 Å². The number of nitrogens with zero attached hydrogens (tertiary/aromatic N) is 1. The molecular weight excluding hydrogens is 382 g/mol. The second-order valence-corrected chi connectivity index (χ2v) is 7.04. The molecule has 2 rings (SSSR count). The van der Waals surface area contributed by atoms with Gasteiger partial charge in [-0.2, -0.15) is 0 Å². The second kappa shape index (κ2) is 10.1. The van der Waals surface area contributed by atoms with E-state index in [1.807, 2.05) is 0 Å². The summed E-state index contributed by atoms with van der Waals surface area (Å²) in [6, 6.07) is 4.67. The maximum Gasteiger partial charge on any atom is 0.279 e. The quantitative estimate of drug-likeness (QED) is 0.460. The third-order valence-electron chi connectivity index (χ3n) is 4.57. The molecule has 2 amide bonds. The van der Waals surface area contributed by atoms with Crippen LogP contribution in [0, 0.1) is 0 Å². The lowest BCUT2D eigenvalue weighted by atomic mass is 10.1. The van der Waals surface area contributed by atoms with Crippen LogP contribution in [0.4, 0.5) is 0 Å². The number of nitrogens with one attached hydrogen (secondary N) is 2. The van der Waals surface area contributed by atoms with E-state index in [0.717, 1.165) is 32.1 Å². The third-order valence-corrected chi connectivity index (χ3v) is 4.80. The Hall–Kier alpha value is -2.54. The number of rotatable bonds is 8. The topological polar surface area (TPSA) is 100 Å². The van der Waals surface area contributed by atoms with Gasteiger partial charge in [0.25, 0.3) is 11.5 Å². The van der Waals surface area contributed by atoms with Crippen molar-refractivity contribution in [3.63, 3.8) is 0 Å².